The van der Waals surface area contributed by atoms with Gasteiger partial charge in [0.1, 0.15) is 28.5 Å². The standard InChI is InChI=1S/C26H31ClN8O5S/c1-15(2)40-23(24-28-12-17(27)13-29-24)16(3)41(36,37)33-26-32-31-25(18-14-30-34-11-7-8-19(18)34)35(26)22-20(38-4)9-6-10-21(22)39-5/h6,9-10,12-16,23H,7-8,11H2,1-5H3,(H,32,33). The van der Waals surface area contributed by atoms with Crippen LogP contribution in [0.4, 0.5) is 5.95 Å². The van der Waals surface area contributed by atoms with Gasteiger partial charge < -0.3 is 14.2 Å². The summed E-state index contributed by atoms with van der Waals surface area (Å²) in [6, 6.07) is 5.26. The van der Waals surface area contributed by atoms with E-state index in [0.717, 1.165) is 30.6 Å². The first-order chi connectivity index (χ1) is 19.6. The molecule has 0 saturated carbocycles. The summed E-state index contributed by atoms with van der Waals surface area (Å²) in [4.78, 5) is 8.44. The van der Waals surface area contributed by atoms with Crippen molar-refractivity contribution in [3.63, 3.8) is 0 Å². The Labute approximate surface area is 242 Å². The highest BCUT2D eigenvalue weighted by Crippen LogP contribution is 2.39. The van der Waals surface area contributed by atoms with Gasteiger partial charge in [0.05, 0.1) is 37.1 Å². The second kappa shape index (κ2) is 11.6. The van der Waals surface area contributed by atoms with Crippen molar-refractivity contribution >= 4 is 27.6 Å². The molecule has 1 aromatic carbocycles. The average molecular weight is 603 g/mol. The Morgan fingerprint density at radius 1 is 1.02 bits per heavy atom. The maximum absolute atomic E-state index is 13.9. The fraction of sp³-hybridized carbons (Fsp3) is 0.423. The van der Waals surface area contributed by atoms with Gasteiger partial charge in [0, 0.05) is 24.6 Å². The summed E-state index contributed by atoms with van der Waals surface area (Å²) < 4.78 is 51.2. The van der Waals surface area contributed by atoms with E-state index >= 15 is 0 Å². The molecule has 4 heterocycles. The van der Waals surface area contributed by atoms with E-state index in [9.17, 15) is 8.42 Å². The van der Waals surface area contributed by atoms with Crippen LogP contribution in [0.15, 0.2) is 36.8 Å². The van der Waals surface area contributed by atoms with Gasteiger partial charge in [-0.25, -0.2) is 18.4 Å². The Kier molecular flexibility index (Phi) is 8.16. The van der Waals surface area contributed by atoms with Gasteiger partial charge >= 0.3 is 0 Å². The fourth-order valence-corrected chi connectivity index (χ4v) is 5.95. The van der Waals surface area contributed by atoms with E-state index < -0.39 is 21.4 Å². The summed E-state index contributed by atoms with van der Waals surface area (Å²) in [7, 11) is -1.13. The molecule has 0 amide bonds. The Balaban J connectivity index is 1.62. The highest BCUT2D eigenvalue weighted by Gasteiger charge is 2.36. The van der Waals surface area contributed by atoms with Crippen LogP contribution in [0.25, 0.3) is 17.1 Å². The van der Waals surface area contributed by atoms with E-state index in [1.807, 2.05) is 4.68 Å². The highest BCUT2D eigenvalue weighted by molar-refractivity contribution is 7.93. The molecule has 1 aliphatic heterocycles. The van der Waals surface area contributed by atoms with Crippen molar-refractivity contribution in [1.29, 1.82) is 0 Å². The van der Waals surface area contributed by atoms with Gasteiger partial charge in [-0.05, 0) is 45.7 Å². The van der Waals surface area contributed by atoms with Crippen LogP contribution in [-0.2, 0) is 27.7 Å². The van der Waals surface area contributed by atoms with Crippen molar-refractivity contribution in [2.45, 2.75) is 57.6 Å². The summed E-state index contributed by atoms with van der Waals surface area (Å²) in [6.07, 6.45) is 4.95. The number of benzene rings is 1. The smallest absolute Gasteiger partial charge is 0.243 e. The molecular formula is C26H31ClN8O5S. The van der Waals surface area contributed by atoms with Crippen LogP contribution in [0.5, 0.6) is 11.5 Å². The number of nitrogens with zero attached hydrogens (tertiary/aromatic N) is 7. The number of rotatable bonds is 11. The number of hydrogen-bond acceptors (Lipinski definition) is 10. The largest absolute Gasteiger partial charge is 0.494 e. The number of sulfonamides is 1. The molecule has 0 saturated heterocycles. The summed E-state index contributed by atoms with van der Waals surface area (Å²) in [5, 5.41) is 12.4. The van der Waals surface area contributed by atoms with Crippen molar-refractivity contribution in [3.8, 4) is 28.6 Å². The van der Waals surface area contributed by atoms with E-state index in [-0.39, 0.29) is 17.9 Å². The van der Waals surface area contributed by atoms with E-state index in [1.165, 1.54) is 33.5 Å². The molecule has 5 rings (SSSR count). The first-order valence-electron chi connectivity index (χ1n) is 13.0. The minimum atomic E-state index is -4.17. The number of ether oxygens (including phenoxy) is 3. The molecule has 3 aromatic heterocycles. The van der Waals surface area contributed by atoms with Crippen LogP contribution in [0.3, 0.4) is 0 Å². The van der Waals surface area contributed by atoms with Crippen LogP contribution in [0, 0.1) is 0 Å². The molecular weight excluding hydrogens is 572 g/mol. The van der Waals surface area contributed by atoms with Gasteiger partial charge in [-0.2, -0.15) is 5.10 Å². The lowest BCUT2D eigenvalue weighted by Crippen LogP contribution is -2.35. The highest BCUT2D eigenvalue weighted by atomic mass is 35.5. The quantitative estimate of drug-likeness (QED) is 0.268. The molecule has 2 atom stereocenters. The van der Waals surface area contributed by atoms with Crippen molar-refractivity contribution in [2.24, 2.45) is 0 Å². The van der Waals surface area contributed by atoms with E-state index in [4.69, 9.17) is 25.8 Å². The Morgan fingerprint density at radius 2 is 1.71 bits per heavy atom. The normalized spacial score (nSPS) is 14.6. The molecule has 2 unspecified atom stereocenters. The molecule has 0 aliphatic carbocycles. The zero-order valence-corrected chi connectivity index (χ0v) is 24.8. The number of hydrogen-bond donors (Lipinski definition) is 1. The lowest BCUT2D eigenvalue weighted by Gasteiger charge is -2.25. The van der Waals surface area contributed by atoms with Gasteiger partial charge in [0.15, 0.2) is 11.6 Å². The lowest BCUT2D eigenvalue weighted by atomic mass is 10.1. The van der Waals surface area contributed by atoms with Gasteiger partial charge in [0.2, 0.25) is 16.0 Å². The van der Waals surface area contributed by atoms with Gasteiger partial charge in [-0.15, -0.1) is 10.2 Å². The summed E-state index contributed by atoms with van der Waals surface area (Å²) in [5.41, 5.74) is 2.15. The molecule has 15 heteroatoms. The predicted molar refractivity (Wildman–Crippen MR) is 152 cm³/mol. The van der Waals surface area contributed by atoms with Crippen molar-refractivity contribution in [2.75, 3.05) is 18.9 Å². The third-order valence-electron chi connectivity index (χ3n) is 6.72. The molecule has 1 aliphatic rings. The fourth-order valence-electron chi connectivity index (χ4n) is 4.77. The molecule has 1 N–H and O–H groups in total. The summed E-state index contributed by atoms with van der Waals surface area (Å²) in [6.45, 7) is 5.92. The van der Waals surface area contributed by atoms with Gasteiger partial charge in [-0.3, -0.25) is 14.0 Å². The van der Waals surface area contributed by atoms with Crippen LogP contribution < -0.4 is 14.2 Å². The van der Waals surface area contributed by atoms with Crippen LogP contribution in [0.2, 0.25) is 5.02 Å². The molecule has 0 fully saturated rings. The minimum absolute atomic E-state index is 0.0621. The molecule has 218 valence electrons. The second-order valence-corrected chi connectivity index (χ2v) is 12.2. The van der Waals surface area contributed by atoms with Crippen molar-refractivity contribution in [3.05, 3.63) is 53.3 Å². The Morgan fingerprint density at radius 3 is 2.34 bits per heavy atom. The van der Waals surface area contributed by atoms with E-state index in [1.54, 1.807) is 42.8 Å². The van der Waals surface area contributed by atoms with Gasteiger partial charge in [-0.1, -0.05) is 17.7 Å². The molecule has 13 nitrogen and oxygen atoms in total. The second-order valence-electron chi connectivity index (χ2n) is 9.74. The minimum Gasteiger partial charge on any atom is -0.494 e. The summed E-state index contributed by atoms with van der Waals surface area (Å²) >= 11 is 5.96. The maximum Gasteiger partial charge on any atom is 0.243 e. The van der Waals surface area contributed by atoms with Crippen LogP contribution in [0.1, 0.15) is 44.8 Å². The van der Waals surface area contributed by atoms with Crippen molar-refractivity contribution < 1.29 is 22.6 Å². The molecule has 41 heavy (non-hydrogen) atoms. The third kappa shape index (κ3) is 5.59. The number of fused-ring (bicyclic) bond motifs is 1. The topological polar surface area (TPSA) is 148 Å². The van der Waals surface area contributed by atoms with Crippen LogP contribution in [-0.4, -0.2) is 68.5 Å². The lowest BCUT2D eigenvalue weighted by molar-refractivity contribution is 0.00154. The molecule has 4 aromatic rings. The van der Waals surface area contributed by atoms with Crippen LogP contribution >= 0.6 is 11.6 Å². The number of nitrogens with one attached hydrogen (secondary N) is 1. The Bertz CT molecular complexity index is 1620. The number of aromatic nitrogens is 7. The number of para-hydroxylation sites is 1. The monoisotopic (exact) mass is 602 g/mol. The first-order valence-corrected chi connectivity index (χ1v) is 14.9. The first kappa shape index (κ1) is 28.8. The number of anilines is 1. The number of halogens is 1. The summed E-state index contributed by atoms with van der Waals surface area (Å²) in [5.74, 6) is 1.37. The number of methoxy groups -OCH3 is 2. The zero-order chi connectivity index (χ0) is 29.3. The van der Waals surface area contributed by atoms with E-state index in [2.05, 4.69) is 30.0 Å². The third-order valence-corrected chi connectivity index (χ3v) is 8.61. The Hall–Kier alpha value is -3.75. The van der Waals surface area contributed by atoms with Crippen molar-refractivity contribution in [1.82, 2.24) is 34.5 Å². The van der Waals surface area contributed by atoms with E-state index in [0.29, 0.717) is 28.0 Å². The van der Waals surface area contributed by atoms with Gasteiger partial charge in [0.25, 0.3) is 0 Å². The zero-order valence-electron chi connectivity index (χ0n) is 23.3. The molecule has 0 radical (unpaired) electrons. The number of aryl methyl sites for hydroxylation is 1. The maximum atomic E-state index is 13.9. The molecule has 0 bridgehead atoms. The average Bonchev–Trinajstić information content (AvgIpc) is 3.67. The predicted octanol–water partition coefficient (Wildman–Crippen LogP) is 3.83. The molecule has 0 spiro atoms. The SMILES string of the molecule is COc1cccc(OC)c1-n1c(NS(=O)(=O)C(C)C(OC(C)C)c2ncc(Cl)cn2)nnc1-c1cnn2c1CCC2.